The highest BCUT2D eigenvalue weighted by Crippen LogP contribution is 2.32. The number of aryl methyl sites for hydroxylation is 2. The molecule has 0 aromatic heterocycles. The van der Waals surface area contributed by atoms with E-state index in [2.05, 4.69) is 26.0 Å². The maximum atomic E-state index is 12.6. The first-order chi connectivity index (χ1) is 10.1. The average Bonchev–Trinajstić information content (AvgIpc) is 2.88. The Morgan fingerprint density at radius 2 is 2.00 bits per heavy atom. The maximum Gasteiger partial charge on any atom is 0.231 e. The molecule has 0 unspecified atom stereocenters. The summed E-state index contributed by atoms with van der Waals surface area (Å²) < 4.78 is 0. The highest BCUT2D eigenvalue weighted by Gasteiger charge is 2.25. The number of fused-ring (bicyclic) bond motifs is 1. The molecule has 1 aliphatic heterocycles. The van der Waals surface area contributed by atoms with Gasteiger partial charge in [0.05, 0.1) is 6.42 Å². The summed E-state index contributed by atoms with van der Waals surface area (Å²) in [6, 6.07) is 12.0. The van der Waals surface area contributed by atoms with E-state index in [0.29, 0.717) is 6.42 Å². The smallest absolute Gasteiger partial charge is 0.231 e. The lowest BCUT2D eigenvalue weighted by Gasteiger charge is -2.18. The molecule has 21 heavy (non-hydrogen) atoms. The van der Waals surface area contributed by atoms with Crippen LogP contribution in [0.3, 0.4) is 0 Å². The van der Waals surface area contributed by atoms with Crippen molar-refractivity contribution in [1.29, 1.82) is 0 Å². The summed E-state index contributed by atoms with van der Waals surface area (Å²) in [5, 5.41) is 0. The van der Waals surface area contributed by atoms with Crippen molar-refractivity contribution in [3.63, 3.8) is 0 Å². The molecule has 0 atom stereocenters. The normalized spacial score (nSPS) is 13.3. The highest BCUT2D eigenvalue weighted by atomic mass is 16.2. The van der Waals surface area contributed by atoms with E-state index in [1.165, 1.54) is 11.1 Å². The average molecular weight is 280 g/mol. The van der Waals surface area contributed by atoms with Gasteiger partial charge in [0.15, 0.2) is 0 Å². The summed E-state index contributed by atoms with van der Waals surface area (Å²) in [5.74, 6) is 0.141. The van der Waals surface area contributed by atoms with E-state index in [4.69, 9.17) is 5.73 Å². The molecule has 2 aromatic rings. The van der Waals surface area contributed by atoms with Crippen molar-refractivity contribution < 1.29 is 4.79 Å². The molecule has 108 valence electrons. The first-order valence-electron chi connectivity index (χ1n) is 7.30. The second-order valence-corrected chi connectivity index (χ2v) is 5.74. The molecular weight excluding hydrogens is 260 g/mol. The van der Waals surface area contributed by atoms with Gasteiger partial charge in [-0.25, -0.2) is 0 Å². The van der Waals surface area contributed by atoms with Gasteiger partial charge >= 0.3 is 0 Å². The number of anilines is 2. The first-order valence-corrected chi connectivity index (χ1v) is 7.30. The van der Waals surface area contributed by atoms with E-state index in [-0.39, 0.29) is 5.91 Å². The lowest BCUT2D eigenvalue weighted by atomic mass is 10.0. The Morgan fingerprint density at radius 3 is 2.76 bits per heavy atom. The van der Waals surface area contributed by atoms with Crippen LogP contribution >= 0.6 is 0 Å². The number of benzene rings is 2. The number of carbonyl (C=O) groups is 1. The van der Waals surface area contributed by atoms with Crippen molar-refractivity contribution in [1.82, 2.24) is 0 Å². The van der Waals surface area contributed by atoms with Gasteiger partial charge in [0, 0.05) is 23.5 Å². The first kappa shape index (κ1) is 13.7. The number of nitrogens with two attached hydrogens (primary N) is 1. The number of hydrogen-bond acceptors (Lipinski definition) is 2. The Labute approximate surface area is 125 Å². The molecule has 0 saturated heterocycles. The monoisotopic (exact) mass is 280 g/mol. The van der Waals surface area contributed by atoms with E-state index >= 15 is 0 Å². The minimum Gasteiger partial charge on any atom is -0.398 e. The molecule has 0 spiro atoms. The van der Waals surface area contributed by atoms with E-state index in [9.17, 15) is 4.79 Å². The molecule has 1 amide bonds. The van der Waals surface area contributed by atoms with E-state index in [1.54, 1.807) is 0 Å². The van der Waals surface area contributed by atoms with Gasteiger partial charge in [-0.2, -0.15) is 0 Å². The molecule has 0 fully saturated rings. The molecule has 0 aliphatic carbocycles. The van der Waals surface area contributed by atoms with Crippen LogP contribution in [0.25, 0.3) is 0 Å². The third-order valence-electron chi connectivity index (χ3n) is 4.29. The number of nitrogen functional groups attached to an aromatic ring is 1. The minimum atomic E-state index is 0.141. The van der Waals surface area contributed by atoms with Crippen molar-refractivity contribution in [2.75, 3.05) is 17.2 Å². The number of amides is 1. The molecule has 3 nitrogen and oxygen atoms in total. The molecule has 1 heterocycles. The largest absolute Gasteiger partial charge is 0.398 e. The molecule has 0 radical (unpaired) electrons. The van der Waals surface area contributed by atoms with E-state index in [0.717, 1.165) is 35.5 Å². The van der Waals surface area contributed by atoms with Crippen LogP contribution in [0.15, 0.2) is 36.4 Å². The molecular formula is C18H20N2O. The van der Waals surface area contributed by atoms with Gasteiger partial charge in [-0.1, -0.05) is 24.3 Å². The number of carbonyl (C=O) groups excluding carboxylic acids is 1. The van der Waals surface area contributed by atoms with Gasteiger partial charge in [-0.3, -0.25) is 4.79 Å². The predicted octanol–water partition coefficient (Wildman–Crippen LogP) is 3.02. The zero-order valence-electron chi connectivity index (χ0n) is 12.5. The fraction of sp³-hybridized carbons (Fsp3) is 0.278. The minimum absolute atomic E-state index is 0.141. The van der Waals surface area contributed by atoms with Crippen LogP contribution in [0.4, 0.5) is 11.4 Å². The van der Waals surface area contributed by atoms with Crippen LogP contribution in [0.5, 0.6) is 0 Å². The number of nitrogens with zero attached hydrogens (tertiary/aromatic N) is 1. The van der Waals surface area contributed by atoms with Crippen LogP contribution in [-0.4, -0.2) is 12.5 Å². The zero-order chi connectivity index (χ0) is 15.0. The molecule has 1 aliphatic rings. The van der Waals surface area contributed by atoms with Gasteiger partial charge in [-0.05, 0) is 49.1 Å². The van der Waals surface area contributed by atoms with Gasteiger partial charge in [-0.15, -0.1) is 0 Å². The van der Waals surface area contributed by atoms with Gasteiger partial charge in [0.1, 0.15) is 0 Å². The van der Waals surface area contributed by atoms with E-state index in [1.807, 2.05) is 29.2 Å². The van der Waals surface area contributed by atoms with Gasteiger partial charge < -0.3 is 10.6 Å². The van der Waals surface area contributed by atoms with Crippen LogP contribution in [0, 0.1) is 13.8 Å². The lowest BCUT2D eigenvalue weighted by molar-refractivity contribution is -0.117. The molecule has 2 N–H and O–H groups in total. The molecule has 3 rings (SSSR count). The Balaban J connectivity index is 1.82. The van der Waals surface area contributed by atoms with Crippen molar-refractivity contribution in [3.8, 4) is 0 Å². The van der Waals surface area contributed by atoms with Crippen molar-refractivity contribution in [2.24, 2.45) is 0 Å². The van der Waals surface area contributed by atoms with Crippen molar-refractivity contribution >= 4 is 17.3 Å². The SMILES string of the molecule is Cc1ccc(CC(=O)N2CCc3c(N)cccc32)cc1C. The summed E-state index contributed by atoms with van der Waals surface area (Å²) in [5.41, 5.74) is 12.4. The second-order valence-electron chi connectivity index (χ2n) is 5.74. The van der Waals surface area contributed by atoms with Crippen molar-refractivity contribution in [3.05, 3.63) is 58.7 Å². The standard InChI is InChI=1S/C18H20N2O/c1-12-6-7-14(10-13(12)2)11-18(21)20-9-8-15-16(19)4-3-5-17(15)20/h3-7,10H,8-9,11,19H2,1-2H3. The van der Waals surface area contributed by atoms with E-state index < -0.39 is 0 Å². The molecule has 0 saturated carbocycles. The van der Waals surface area contributed by atoms with Crippen LogP contribution in [0.2, 0.25) is 0 Å². The molecule has 0 bridgehead atoms. The Bertz CT molecular complexity index is 706. The van der Waals surface area contributed by atoms with Crippen LogP contribution < -0.4 is 10.6 Å². The second kappa shape index (κ2) is 5.24. The third kappa shape index (κ3) is 2.51. The summed E-state index contributed by atoms with van der Waals surface area (Å²) in [4.78, 5) is 14.4. The van der Waals surface area contributed by atoms with Gasteiger partial charge in [0.25, 0.3) is 0 Å². The summed E-state index contributed by atoms with van der Waals surface area (Å²) >= 11 is 0. The Hall–Kier alpha value is -2.29. The Kier molecular flexibility index (Phi) is 3.42. The highest BCUT2D eigenvalue weighted by molar-refractivity contribution is 5.97. The predicted molar refractivity (Wildman–Crippen MR) is 86.5 cm³/mol. The fourth-order valence-corrected chi connectivity index (χ4v) is 2.90. The Morgan fingerprint density at radius 1 is 1.19 bits per heavy atom. The number of rotatable bonds is 2. The molecule has 2 aromatic carbocycles. The summed E-state index contributed by atoms with van der Waals surface area (Å²) in [6.07, 6.45) is 1.29. The zero-order valence-corrected chi connectivity index (χ0v) is 12.5. The number of hydrogen-bond donors (Lipinski definition) is 1. The van der Waals surface area contributed by atoms with Crippen molar-refractivity contribution in [2.45, 2.75) is 26.7 Å². The third-order valence-corrected chi connectivity index (χ3v) is 4.29. The van der Waals surface area contributed by atoms with Gasteiger partial charge in [0.2, 0.25) is 5.91 Å². The maximum absolute atomic E-state index is 12.6. The topological polar surface area (TPSA) is 46.3 Å². The fourth-order valence-electron chi connectivity index (χ4n) is 2.90. The quantitative estimate of drug-likeness (QED) is 0.860. The lowest BCUT2D eigenvalue weighted by Crippen LogP contribution is -2.30. The summed E-state index contributed by atoms with van der Waals surface area (Å²) in [7, 11) is 0. The summed E-state index contributed by atoms with van der Waals surface area (Å²) in [6.45, 7) is 4.89. The van der Waals surface area contributed by atoms with Crippen LogP contribution in [-0.2, 0) is 17.6 Å². The molecule has 3 heteroatoms. The van der Waals surface area contributed by atoms with Crippen LogP contribution in [0.1, 0.15) is 22.3 Å².